The maximum absolute atomic E-state index is 13.3. The van der Waals surface area contributed by atoms with Crippen molar-refractivity contribution in [1.82, 2.24) is 4.90 Å². The number of fused-ring (bicyclic) bond motifs is 1. The molecule has 4 rings (SSSR count). The number of methoxy groups -OCH3 is 2. The number of hydrogen-bond donors (Lipinski definition) is 0. The Bertz CT molecular complexity index is 1210. The van der Waals surface area contributed by atoms with E-state index < -0.39 is 11.0 Å². The first-order valence-corrected chi connectivity index (χ1v) is 10.9. The molecule has 8 heteroatoms. The van der Waals surface area contributed by atoms with E-state index in [9.17, 15) is 14.9 Å². The minimum atomic E-state index is -0.530. The number of nitro benzene ring substituents is 1. The van der Waals surface area contributed by atoms with Crippen molar-refractivity contribution in [3.63, 3.8) is 0 Å². The Morgan fingerprint density at radius 2 is 1.76 bits per heavy atom. The van der Waals surface area contributed by atoms with Gasteiger partial charge in [0.2, 0.25) is 0 Å². The highest BCUT2D eigenvalue weighted by molar-refractivity contribution is 5.79. The Balaban J connectivity index is 1.72. The number of aryl methyl sites for hydroxylation is 1. The van der Waals surface area contributed by atoms with Crippen molar-refractivity contribution in [2.24, 2.45) is 0 Å². The van der Waals surface area contributed by atoms with E-state index >= 15 is 0 Å². The van der Waals surface area contributed by atoms with Crippen molar-refractivity contribution in [3.05, 3.63) is 93.0 Å². The highest BCUT2D eigenvalue weighted by Gasteiger charge is 2.34. The number of carbonyl (C=O) groups is 1. The molecule has 3 aromatic carbocycles. The zero-order valence-electron chi connectivity index (χ0n) is 19.3. The van der Waals surface area contributed by atoms with Crippen LogP contribution in [-0.4, -0.2) is 43.1 Å². The summed E-state index contributed by atoms with van der Waals surface area (Å²) in [5.74, 6) is 1.52. The second-order valence-corrected chi connectivity index (χ2v) is 8.10. The summed E-state index contributed by atoms with van der Waals surface area (Å²) < 4.78 is 16.7. The van der Waals surface area contributed by atoms with E-state index in [1.165, 1.54) is 12.1 Å². The van der Waals surface area contributed by atoms with Crippen molar-refractivity contribution in [2.75, 3.05) is 27.4 Å². The minimum absolute atomic E-state index is 0.0339. The van der Waals surface area contributed by atoms with Gasteiger partial charge in [-0.25, -0.2) is 0 Å². The molecule has 0 spiro atoms. The summed E-state index contributed by atoms with van der Waals surface area (Å²) in [6.07, 6.45) is 0.609. The Hall–Kier alpha value is -4.07. The molecule has 1 atom stereocenters. The number of amides is 1. The smallest absolute Gasteiger partial charge is 0.269 e. The molecule has 0 aromatic heterocycles. The number of non-ortho nitro benzene ring substituents is 1. The van der Waals surface area contributed by atoms with Gasteiger partial charge >= 0.3 is 0 Å². The zero-order valence-corrected chi connectivity index (χ0v) is 19.3. The van der Waals surface area contributed by atoms with Gasteiger partial charge < -0.3 is 19.1 Å². The van der Waals surface area contributed by atoms with E-state index in [-0.39, 0.29) is 18.2 Å². The standard InChI is InChI=1S/C26H26N2O6/c1-17-7-9-21(10-8-17)34-16-25(29)27-12-11-18-14-23(32-2)24(33-3)15-22(18)26(27)19-5-4-6-20(13-19)28(30)31/h4-10,13-15,26H,11-12,16H2,1-3H3. The molecule has 1 aliphatic rings. The molecule has 1 amide bonds. The Kier molecular flexibility index (Phi) is 6.67. The summed E-state index contributed by atoms with van der Waals surface area (Å²) >= 11 is 0. The van der Waals surface area contributed by atoms with Crippen LogP contribution < -0.4 is 14.2 Å². The number of nitro groups is 1. The van der Waals surface area contributed by atoms with Crippen LogP contribution in [0.25, 0.3) is 0 Å². The number of benzene rings is 3. The van der Waals surface area contributed by atoms with Crippen LogP contribution in [-0.2, 0) is 11.2 Å². The van der Waals surface area contributed by atoms with Gasteiger partial charge in [-0.2, -0.15) is 0 Å². The van der Waals surface area contributed by atoms with Crippen molar-refractivity contribution < 1.29 is 23.9 Å². The molecule has 1 heterocycles. The fraction of sp³-hybridized carbons (Fsp3) is 0.269. The van der Waals surface area contributed by atoms with Crippen LogP contribution in [0.4, 0.5) is 5.69 Å². The van der Waals surface area contributed by atoms with Crippen molar-refractivity contribution >= 4 is 11.6 Å². The molecule has 0 radical (unpaired) electrons. The van der Waals surface area contributed by atoms with Crippen molar-refractivity contribution in [2.45, 2.75) is 19.4 Å². The molecule has 1 aliphatic heterocycles. The van der Waals surface area contributed by atoms with E-state index in [2.05, 4.69) is 0 Å². The lowest BCUT2D eigenvalue weighted by molar-refractivity contribution is -0.384. The van der Waals surface area contributed by atoms with E-state index in [1.807, 2.05) is 43.3 Å². The summed E-state index contributed by atoms with van der Waals surface area (Å²) in [6, 6.07) is 17.1. The monoisotopic (exact) mass is 462 g/mol. The third-order valence-corrected chi connectivity index (χ3v) is 5.97. The summed E-state index contributed by atoms with van der Waals surface area (Å²) in [6.45, 7) is 2.27. The first-order chi connectivity index (χ1) is 16.4. The fourth-order valence-electron chi connectivity index (χ4n) is 4.24. The molecule has 1 unspecified atom stereocenters. The van der Waals surface area contributed by atoms with Gasteiger partial charge in [-0.15, -0.1) is 0 Å². The maximum Gasteiger partial charge on any atom is 0.269 e. The first-order valence-electron chi connectivity index (χ1n) is 10.9. The van der Waals surface area contributed by atoms with Crippen LogP contribution in [0.5, 0.6) is 17.2 Å². The minimum Gasteiger partial charge on any atom is -0.493 e. The number of nitrogens with zero attached hydrogens (tertiary/aromatic N) is 2. The van der Waals surface area contributed by atoms with Gasteiger partial charge in [-0.1, -0.05) is 29.8 Å². The summed E-state index contributed by atoms with van der Waals surface area (Å²) in [5, 5.41) is 11.4. The summed E-state index contributed by atoms with van der Waals surface area (Å²) in [5.41, 5.74) is 3.55. The average molecular weight is 463 g/mol. The molecule has 0 saturated carbocycles. The van der Waals surface area contributed by atoms with Crippen LogP contribution in [0.1, 0.15) is 28.3 Å². The molecule has 0 aliphatic carbocycles. The maximum atomic E-state index is 13.3. The SMILES string of the molecule is COc1cc2c(cc1OC)C(c1cccc([N+](=O)[O-])c1)N(C(=O)COc1ccc(C)cc1)CC2. The summed E-state index contributed by atoms with van der Waals surface area (Å²) in [7, 11) is 3.12. The lowest BCUT2D eigenvalue weighted by atomic mass is 9.87. The lowest BCUT2D eigenvalue weighted by Crippen LogP contribution is -2.43. The number of rotatable bonds is 7. The van der Waals surface area contributed by atoms with Gasteiger partial charge in [0.1, 0.15) is 5.75 Å². The van der Waals surface area contributed by atoms with E-state index in [4.69, 9.17) is 14.2 Å². The lowest BCUT2D eigenvalue weighted by Gasteiger charge is -2.38. The highest BCUT2D eigenvalue weighted by Crippen LogP contribution is 2.41. The first kappa shape index (κ1) is 23.1. The Morgan fingerprint density at radius 1 is 1.06 bits per heavy atom. The van der Waals surface area contributed by atoms with Crippen molar-refractivity contribution in [3.8, 4) is 17.2 Å². The fourth-order valence-corrected chi connectivity index (χ4v) is 4.24. The van der Waals surface area contributed by atoms with Gasteiger partial charge in [-0.3, -0.25) is 14.9 Å². The van der Waals surface area contributed by atoms with Crippen LogP contribution in [0.3, 0.4) is 0 Å². The zero-order chi connectivity index (χ0) is 24.2. The Labute approximate surface area is 197 Å². The third kappa shape index (κ3) is 4.66. The summed E-state index contributed by atoms with van der Waals surface area (Å²) in [4.78, 5) is 26.0. The molecule has 0 N–H and O–H groups in total. The van der Waals surface area contributed by atoms with Crippen LogP contribution in [0, 0.1) is 17.0 Å². The number of ether oxygens (including phenoxy) is 3. The molecule has 0 saturated heterocycles. The molecule has 8 nitrogen and oxygen atoms in total. The molecule has 0 bridgehead atoms. The molecule has 0 fully saturated rings. The third-order valence-electron chi connectivity index (χ3n) is 5.97. The van der Waals surface area contributed by atoms with Gasteiger partial charge in [0.25, 0.3) is 11.6 Å². The predicted molar refractivity (Wildman–Crippen MR) is 127 cm³/mol. The molecular formula is C26H26N2O6. The van der Waals surface area contributed by atoms with Gasteiger partial charge in [0.15, 0.2) is 18.1 Å². The molecule has 34 heavy (non-hydrogen) atoms. The van der Waals surface area contributed by atoms with Gasteiger partial charge in [-0.05, 0) is 54.3 Å². The van der Waals surface area contributed by atoms with E-state index in [0.29, 0.717) is 35.8 Å². The number of hydrogen-bond acceptors (Lipinski definition) is 6. The second kappa shape index (κ2) is 9.82. The number of carbonyl (C=O) groups excluding carboxylic acids is 1. The van der Waals surface area contributed by atoms with Crippen LogP contribution in [0.2, 0.25) is 0 Å². The second-order valence-electron chi connectivity index (χ2n) is 8.10. The normalized spacial score (nSPS) is 14.8. The molecule has 176 valence electrons. The van der Waals surface area contributed by atoms with E-state index in [1.54, 1.807) is 31.3 Å². The Morgan fingerprint density at radius 3 is 2.44 bits per heavy atom. The van der Waals surface area contributed by atoms with Crippen LogP contribution in [0.15, 0.2) is 60.7 Å². The molecule has 3 aromatic rings. The van der Waals surface area contributed by atoms with Crippen molar-refractivity contribution in [1.29, 1.82) is 0 Å². The highest BCUT2D eigenvalue weighted by atomic mass is 16.6. The average Bonchev–Trinajstić information content (AvgIpc) is 2.86. The van der Waals surface area contributed by atoms with Gasteiger partial charge in [0, 0.05) is 18.7 Å². The van der Waals surface area contributed by atoms with Gasteiger partial charge in [0.05, 0.1) is 25.2 Å². The quantitative estimate of drug-likeness (QED) is 0.380. The topological polar surface area (TPSA) is 91.1 Å². The van der Waals surface area contributed by atoms with E-state index in [0.717, 1.165) is 16.7 Å². The largest absolute Gasteiger partial charge is 0.493 e. The van der Waals surface area contributed by atoms with Crippen LogP contribution >= 0.6 is 0 Å². The predicted octanol–water partition coefficient (Wildman–Crippen LogP) is 4.47. The molecular weight excluding hydrogens is 436 g/mol.